The fourth-order valence-electron chi connectivity index (χ4n) is 2.52. The minimum atomic E-state index is -1.93. The molecule has 0 heterocycles. The second kappa shape index (κ2) is 9.51. The van der Waals surface area contributed by atoms with Crippen LogP contribution in [0.1, 0.15) is 68.7 Å². The summed E-state index contributed by atoms with van der Waals surface area (Å²) in [5, 5.41) is 0.340. The zero-order chi connectivity index (χ0) is 21.8. The highest BCUT2D eigenvalue weighted by molar-refractivity contribution is 6.74. The number of allylic oxidation sites excluding steroid dienone is 1. The second-order valence-corrected chi connectivity index (χ2v) is 20.8. The van der Waals surface area contributed by atoms with Crippen molar-refractivity contribution in [1.82, 2.24) is 0 Å². The molecular weight excluding hydrogens is 368 g/mol. The van der Waals surface area contributed by atoms with Crippen LogP contribution in [0.5, 0.6) is 0 Å². The molecule has 5 heteroatoms. The van der Waals surface area contributed by atoms with E-state index >= 15 is 0 Å². The summed E-state index contributed by atoms with van der Waals surface area (Å²) < 4.78 is 13.3. The SMILES string of the molecule is C/C(C=O)=C\[C@@H](O[Si](C)(C)C(C)(C)C)[C@H](C)C[C@@H](C)O[Si](C)(C)C(C)(C)C. The fourth-order valence-corrected chi connectivity index (χ4v) is 5.31. The highest BCUT2D eigenvalue weighted by Gasteiger charge is 2.41. The molecule has 0 aliphatic carbocycles. The predicted octanol–water partition coefficient (Wildman–Crippen LogP) is 6.96. The van der Waals surface area contributed by atoms with Crippen molar-refractivity contribution in [3.8, 4) is 0 Å². The molecule has 0 unspecified atom stereocenters. The summed E-state index contributed by atoms with van der Waals surface area (Å²) in [7, 11) is -3.72. The monoisotopic (exact) mass is 414 g/mol. The minimum Gasteiger partial charge on any atom is -0.414 e. The van der Waals surface area contributed by atoms with Gasteiger partial charge in [0, 0.05) is 6.10 Å². The van der Waals surface area contributed by atoms with Gasteiger partial charge >= 0.3 is 0 Å². The van der Waals surface area contributed by atoms with Gasteiger partial charge in [-0.25, -0.2) is 0 Å². The lowest BCUT2D eigenvalue weighted by molar-refractivity contribution is -0.104. The van der Waals surface area contributed by atoms with Crippen molar-refractivity contribution in [2.75, 3.05) is 0 Å². The van der Waals surface area contributed by atoms with Crippen LogP contribution < -0.4 is 0 Å². The van der Waals surface area contributed by atoms with Gasteiger partial charge in [-0.1, -0.05) is 54.5 Å². The summed E-state index contributed by atoms with van der Waals surface area (Å²) in [6.07, 6.45) is 3.98. The summed E-state index contributed by atoms with van der Waals surface area (Å²) in [5.74, 6) is 0.286. The lowest BCUT2D eigenvalue weighted by Gasteiger charge is -2.42. The molecular formula is C22H46O3Si2. The molecule has 27 heavy (non-hydrogen) atoms. The first kappa shape index (κ1) is 26.8. The Hall–Kier alpha value is -0.236. The minimum absolute atomic E-state index is 0.0541. The quantitative estimate of drug-likeness (QED) is 0.232. The zero-order valence-electron chi connectivity index (χ0n) is 20.3. The van der Waals surface area contributed by atoms with Gasteiger partial charge in [-0.15, -0.1) is 0 Å². The van der Waals surface area contributed by atoms with Crippen LogP contribution in [0.2, 0.25) is 36.3 Å². The molecule has 0 radical (unpaired) electrons. The van der Waals surface area contributed by atoms with Crippen LogP contribution in [-0.2, 0) is 13.6 Å². The molecule has 160 valence electrons. The molecule has 0 bridgehead atoms. The van der Waals surface area contributed by atoms with Crippen LogP contribution in [0, 0.1) is 5.92 Å². The first-order valence-corrected chi connectivity index (χ1v) is 16.1. The van der Waals surface area contributed by atoms with E-state index in [1.54, 1.807) is 0 Å². The summed E-state index contributed by atoms with van der Waals surface area (Å²) in [4.78, 5) is 11.2. The Morgan fingerprint density at radius 2 is 1.30 bits per heavy atom. The van der Waals surface area contributed by atoms with Gasteiger partial charge in [0.25, 0.3) is 0 Å². The van der Waals surface area contributed by atoms with E-state index in [2.05, 4.69) is 81.6 Å². The first-order chi connectivity index (χ1) is 11.8. The van der Waals surface area contributed by atoms with Crippen molar-refractivity contribution < 1.29 is 13.6 Å². The largest absolute Gasteiger partial charge is 0.414 e. The highest BCUT2D eigenvalue weighted by Crippen LogP contribution is 2.40. The first-order valence-electron chi connectivity index (χ1n) is 10.3. The average Bonchev–Trinajstić information content (AvgIpc) is 2.42. The standard InChI is InChI=1S/C22H46O3Si2/c1-17(16-23)14-20(25-27(12,13)22(7,8)9)18(2)15-19(3)24-26(10,11)21(4,5)6/h14,16,18-20H,15H2,1-13H3/b17-14+/t18-,19-,20-/m1/s1. The van der Waals surface area contributed by atoms with Gasteiger partial charge in [-0.05, 0) is 68.0 Å². The Kier molecular flexibility index (Phi) is 9.42. The molecule has 0 aliphatic rings. The van der Waals surface area contributed by atoms with Crippen LogP contribution in [0.15, 0.2) is 11.6 Å². The Balaban J connectivity index is 5.38. The maximum atomic E-state index is 11.2. The van der Waals surface area contributed by atoms with E-state index in [-0.39, 0.29) is 28.2 Å². The van der Waals surface area contributed by atoms with Gasteiger partial charge in [0.15, 0.2) is 16.6 Å². The van der Waals surface area contributed by atoms with Gasteiger partial charge in [0.2, 0.25) is 0 Å². The number of hydrogen-bond acceptors (Lipinski definition) is 3. The molecule has 3 atom stereocenters. The van der Waals surface area contributed by atoms with E-state index in [0.717, 1.165) is 18.3 Å². The van der Waals surface area contributed by atoms with Gasteiger partial charge < -0.3 is 8.85 Å². The Labute approximate surface area is 171 Å². The number of hydrogen-bond donors (Lipinski definition) is 0. The number of carbonyl (C=O) groups is 1. The highest BCUT2D eigenvalue weighted by atomic mass is 28.4. The zero-order valence-corrected chi connectivity index (χ0v) is 22.3. The Morgan fingerprint density at radius 1 is 0.889 bits per heavy atom. The molecule has 0 aromatic rings. The van der Waals surface area contributed by atoms with E-state index in [1.165, 1.54) is 0 Å². The van der Waals surface area contributed by atoms with Gasteiger partial charge in [-0.2, -0.15) is 0 Å². The number of carbonyl (C=O) groups excluding carboxylic acids is 1. The summed E-state index contributed by atoms with van der Waals surface area (Å²) >= 11 is 0. The Morgan fingerprint density at radius 3 is 1.67 bits per heavy atom. The smallest absolute Gasteiger partial charge is 0.192 e. The van der Waals surface area contributed by atoms with Crippen molar-refractivity contribution in [1.29, 1.82) is 0 Å². The van der Waals surface area contributed by atoms with Crippen molar-refractivity contribution in [3.05, 3.63) is 11.6 Å². The summed E-state index contributed by atoms with van der Waals surface area (Å²) in [6.45, 7) is 29.0. The Bertz CT molecular complexity index is 511. The molecule has 0 amide bonds. The van der Waals surface area contributed by atoms with Crippen LogP contribution in [0.4, 0.5) is 0 Å². The molecule has 0 N–H and O–H groups in total. The lowest BCUT2D eigenvalue weighted by Crippen LogP contribution is -2.46. The van der Waals surface area contributed by atoms with Crippen molar-refractivity contribution in [2.24, 2.45) is 5.92 Å². The van der Waals surface area contributed by atoms with Crippen molar-refractivity contribution in [2.45, 2.75) is 117 Å². The normalized spacial score (nSPS) is 18.2. The molecule has 0 aromatic heterocycles. The molecule has 0 fully saturated rings. The molecule has 0 aliphatic heterocycles. The lowest BCUT2D eigenvalue weighted by atomic mass is 9.97. The summed E-state index contributed by atoms with van der Waals surface area (Å²) in [6, 6.07) is 0. The van der Waals surface area contributed by atoms with E-state index < -0.39 is 16.6 Å². The van der Waals surface area contributed by atoms with E-state index in [4.69, 9.17) is 8.85 Å². The molecule has 3 nitrogen and oxygen atoms in total. The van der Waals surface area contributed by atoms with Crippen molar-refractivity contribution >= 4 is 22.9 Å². The topological polar surface area (TPSA) is 35.5 Å². The maximum Gasteiger partial charge on any atom is 0.192 e. The van der Waals surface area contributed by atoms with Crippen LogP contribution >= 0.6 is 0 Å². The van der Waals surface area contributed by atoms with Gasteiger partial charge in [0.05, 0.1) is 6.10 Å². The third kappa shape index (κ3) is 8.34. The molecule has 0 saturated heterocycles. The van der Waals surface area contributed by atoms with Crippen LogP contribution in [0.25, 0.3) is 0 Å². The molecule has 0 saturated carbocycles. The maximum absolute atomic E-state index is 11.2. The average molecular weight is 415 g/mol. The fraction of sp³-hybridized carbons (Fsp3) is 0.864. The molecule has 0 rings (SSSR count). The molecule has 0 spiro atoms. The van der Waals surface area contributed by atoms with Crippen molar-refractivity contribution in [3.63, 3.8) is 0 Å². The second-order valence-electron chi connectivity index (χ2n) is 11.3. The summed E-state index contributed by atoms with van der Waals surface area (Å²) in [5.41, 5.74) is 0.739. The van der Waals surface area contributed by atoms with Gasteiger partial charge in [-0.3, -0.25) is 4.79 Å². The van der Waals surface area contributed by atoms with E-state index in [0.29, 0.717) is 0 Å². The van der Waals surface area contributed by atoms with E-state index in [1.807, 2.05) is 13.0 Å². The third-order valence-corrected chi connectivity index (χ3v) is 15.5. The van der Waals surface area contributed by atoms with Crippen LogP contribution in [-0.4, -0.2) is 35.1 Å². The molecule has 0 aromatic carbocycles. The van der Waals surface area contributed by atoms with Crippen LogP contribution in [0.3, 0.4) is 0 Å². The third-order valence-electron chi connectivity index (χ3n) is 6.42. The van der Waals surface area contributed by atoms with Gasteiger partial charge in [0.1, 0.15) is 6.29 Å². The van der Waals surface area contributed by atoms with E-state index in [9.17, 15) is 4.79 Å². The number of aldehydes is 1. The predicted molar refractivity (Wildman–Crippen MR) is 123 cm³/mol. The number of rotatable bonds is 9.